The van der Waals surface area contributed by atoms with E-state index in [9.17, 15) is 8.42 Å². The van der Waals surface area contributed by atoms with Crippen molar-refractivity contribution in [1.29, 1.82) is 0 Å². The van der Waals surface area contributed by atoms with Gasteiger partial charge in [-0.15, -0.1) is 0 Å². The molecule has 0 saturated heterocycles. The largest absolute Gasteiger partial charge is 0.347 e. The normalized spacial score (nSPS) is 11.6. The highest BCUT2D eigenvalue weighted by Crippen LogP contribution is 2.09. The van der Waals surface area contributed by atoms with Crippen LogP contribution in [0.25, 0.3) is 0 Å². The van der Waals surface area contributed by atoms with Crippen LogP contribution in [0.5, 0.6) is 0 Å². The van der Waals surface area contributed by atoms with E-state index in [1.54, 1.807) is 22.6 Å². The van der Waals surface area contributed by atoms with E-state index >= 15 is 0 Å². The molecule has 9 heteroatoms. The second kappa shape index (κ2) is 5.78. The van der Waals surface area contributed by atoms with Gasteiger partial charge in [0.2, 0.25) is 5.95 Å². The Bertz CT molecular complexity index is 738. The molecule has 2 rings (SSSR count). The highest BCUT2D eigenvalue weighted by atomic mass is 32.2. The van der Waals surface area contributed by atoms with Crippen LogP contribution < -0.4 is 9.62 Å². The number of aryl methyl sites for hydroxylation is 2. The number of aromatic nitrogens is 4. The van der Waals surface area contributed by atoms with E-state index < -0.39 is 10.0 Å². The fraction of sp³-hybridized carbons (Fsp3) is 0.417. The molecule has 0 aliphatic carbocycles. The molecular weight excluding hydrogens is 292 g/mol. The lowest BCUT2D eigenvalue weighted by Crippen LogP contribution is -2.25. The van der Waals surface area contributed by atoms with Crippen molar-refractivity contribution in [3.63, 3.8) is 0 Å². The first-order chi connectivity index (χ1) is 9.78. The van der Waals surface area contributed by atoms with E-state index in [1.165, 1.54) is 12.5 Å². The Morgan fingerprint density at radius 2 is 2.05 bits per heavy atom. The monoisotopic (exact) mass is 310 g/mol. The minimum atomic E-state index is -3.64. The van der Waals surface area contributed by atoms with Crippen molar-refractivity contribution in [3.8, 4) is 0 Å². The van der Waals surface area contributed by atoms with Gasteiger partial charge in [-0.05, 0) is 13.0 Å². The zero-order valence-corrected chi connectivity index (χ0v) is 13.2. The zero-order chi connectivity index (χ0) is 15.6. The second-order valence-corrected chi connectivity index (χ2v) is 6.61. The molecule has 1 N–H and O–H groups in total. The fourth-order valence-corrected chi connectivity index (χ4v) is 2.65. The van der Waals surface area contributed by atoms with Crippen molar-refractivity contribution in [2.24, 2.45) is 7.05 Å². The first-order valence-corrected chi connectivity index (χ1v) is 7.76. The van der Waals surface area contributed by atoms with Gasteiger partial charge in [-0.25, -0.2) is 28.1 Å². The Morgan fingerprint density at radius 3 is 2.62 bits per heavy atom. The topological polar surface area (TPSA) is 93.0 Å². The van der Waals surface area contributed by atoms with Crippen LogP contribution in [0.2, 0.25) is 0 Å². The van der Waals surface area contributed by atoms with Crippen LogP contribution in [-0.4, -0.2) is 42.0 Å². The molecule has 0 amide bonds. The minimum Gasteiger partial charge on any atom is -0.347 e. The average molecular weight is 310 g/mol. The summed E-state index contributed by atoms with van der Waals surface area (Å²) in [5.41, 5.74) is 1.38. The van der Waals surface area contributed by atoms with Crippen molar-refractivity contribution in [1.82, 2.24) is 24.2 Å². The van der Waals surface area contributed by atoms with Crippen molar-refractivity contribution in [3.05, 3.63) is 30.0 Å². The molecule has 0 fully saturated rings. The molecule has 0 spiro atoms. The number of imidazole rings is 1. The molecule has 0 bridgehead atoms. The molecule has 2 heterocycles. The SMILES string of the molecule is Cc1cc(CNS(=O)(=O)c2cn(C)cn2)nc(N(C)C)n1. The lowest BCUT2D eigenvalue weighted by molar-refractivity contribution is 0.577. The van der Waals surface area contributed by atoms with Gasteiger partial charge in [0.1, 0.15) is 0 Å². The summed E-state index contributed by atoms with van der Waals surface area (Å²) in [5, 5.41) is -0.0105. The highest BCUT2D eigenvalue weighted by molar-refractivity contribution is 7.89. The third kappa shape index (κ3) is 3.76. The first-order valence-electron chi connectivity index (χ1n) is 6.27. The minimum absolute atomic E-state index is 0.0105. The fourth-order valence-electron chi connectivity index (χ4n) is 1.68. The van der Waals surface area contributed by atoms with Crippen molar-refractivity contribution in [2.75, 3.05) is 19.0 Å². The van der Waals surface area contributed by atoms with E-state index in [0.717, 1.165) is 5.69 Å². The van der Waals surface area contributed by atoms with Gasteiger partial charge in [0.05, 0.1) is 18.6 Å². The molecule has 2 aromatic heterocycles. The summed E-state index contributed by atoms with van der Waals surface area (Å²) >= 11 is 0. The van der Waals surface area contributed by atoms with Crippen molar-refractivity contribution in [2.45, 2.75) is 18.5 Å². The van der Waals surface area contributed by atoms with Gasteiger partial charge in [-0.2, -0.15) is 0 Å². The van der Waals surface area contributed by atoms with Gasteiger partial charge in [0.25, 0.3) is 10.0 Å². The van der Waals surface area contributed by atoms with Gasteiger partial charge in [0.15, 0.2) is 5.03 Å². The van der Waals surface area contributed by atoms with Gasteiger partial charge >= 0.3 is 0 Å². The number of rotatable bonds is 5. The van der Waals surface area contributed by atoms with Gasteiger partial charge in [0, 0.05) is 33.0 Å². The summed E-state index contributed by atoms with van der Waals surface area (Å²) in [6.45, 7) is 1.93. The Hall–Kier alpha value is -2.00. The van der Waals surface area contributed by atoms with E-state index in [4.69, 9.17) is 0 Å². The molecule has 2 aromatic rings. The van der Waals surface area contributed by atoms with Crippen LogP contribution in [0.15, 0.2) is 23.6 Å². The van der Waals surface area contributed by atoms with Crippen molar-refractivity contribution < 1.29 is 8.42 Å². The number of nitrogens with one attached hydrogen (secondary N) is 1. The highest BCUT2D eigenvalue weighted by Gasteiger charge is 2.17. The average Bonchev–Trinajstić information content (AvgIpc) is 2.83. The maximum Gasteiger partial charge on any atom is 0.259 e. The molecule has 0 saturated carbocycles. The maximum atomic E-state index is 12.1. The van der Waals surface area contributed by atoms with Gasteiger partial charge < -0.3 is 9.47 Å². The van der Waals surface area contributed by atoms with E-state index in [1.807, 2.05) is 21.0 Å². The van der Waals surface area contributed by atoms with Crippen LogP contribution >= 0.6 is 0 Å². The third-order valence-electron chi connectivity index (χ3n) is 2.70. The molecule has 8 nitrogen and oxygen atoms in total. The lowest BCUT2D eigenvalue weighted by atomic mass is 10.3. The molecule has 0 aliphatic rings. The summed E-state index contributed by atoms with van der Waals surface area (Å²) < 4.78 is 28.2. The molecular formula is C12H18N6O2S. The van der Waals surface area contributed by atoms with Crippen LogP contribution in [0.1, 0.15) is 11.4 Å². The second-order valence-electron chi connectivity index (χ2n) is 4.90. The predicted molar refractivity (Wildman–Crippen MR) is 78.3 cm³/mol. The maximum absolute atomic E-state index is 12.1. The summed E-state index contributed by atoms with van der Waals surface area (Å²) in [7, 11) is 1.73. The summed E-state index contributed by atoms with van der Waals surface area (Å²) in [6, 6.07) is 1.74. The number of hydrogen-bond acceptors (Lipinski definition) is 6. The van der Waals surface area contributed by atoms with E-state index in [0.29, 0.717) is 11.6 Å². The summed E-state index contributed by atoms with van der Waals surface area (Å²) in [6.07, 6.45) is 2.88. The van der Waals surface area contributed by atoms with Crippen LogP contribution in [0.4, 0.5) is 5.95 Å². The number of sulfonamides is 1. The molecule has 0 unspecified atom stereocenters. The summed E-state index contributed by atoms with van der Waals surface area (Å²) in [5.74, 6) is 0.544. The first kappa shape index (κ1) is 15.4. The Morgan fingerprint density at radius 1 is 1.33 bits per heavy atom. The van der Waals surface area contributed by atoms with Gasteiger partial charge in [-0.1, -0.05) is 0 Å². The molecule has 0 aliphatic heterocycles. The summed E-state index contributed by atoms with van der Waals surface area (Å²) in [4.78, 5) is 14.2. The zero-order valence-electron chi connectivity index (χ0n) is 12.4. The molecule has 0 aromatic carbocycles. The number of anilines is 1. The third-order valence-corrected chi connectivity index (χ3v) is 3.98. The van der Waals surface area contributed by atoms with E-state index in [2.05, 4.69) is 19.7 Å². The van der Waals surface area contributed by atoms with Crippen LogP contribution in [0, 0.1) is 6.92 Å². The van der Waals surface area contributed by atoms with Crippen LogP contribution in [-0.2, 0) is 23.6 Å². The quantitative estimate of drug-likeness (QED) is 0.839. The predicted octanol–water partition coefficient (Wildman–Crippen LogP) is 0.0630. The number of hydrogen-bond donors (Lipinski definition) is 1. The molecule has 114 valence electrons. The molecule has 21 heavy (non-hydrogen) atoms. The Balaban J connectivity index is 2.16. The number of nitrogens with zero attached hydrogens (tertiary/aromatic N) is 5. The smallest absolute Gasteiger partial charge is 0.259 e. The van der Waals surface area contributed by atoms with Crippen molar-refractivity contribution >= 4 is 16.0 Å². The standard InChI is InChI=1S/C12H18N6O2S/c1-9-5-10(16-12(15-9)17(2)3)6-14-21(19,20)11-7-18(4)8-13-11/h5,7-8,14H,6H2,1-4H3. The Labute approximate surface area is 123 Å². The van der Waals surface area contributed by atoms with Gasteiger partial charge in [-0.3, -0.25) is 0 Å². The van der Waals surface area contributed by atoms with Crippen LogP contribution in [0.3, 0.4) is 0 Å². The molecule has 0 atom stereocenters. The van der Waals surface area contributed by atoms with E-state index in [-0.39, 0.29) is 11.6 Å². The Kier molecular flexibility index (Phi) is 4.24. The lowest BCUT2D eigenvalue weighted by Gasteiger charge is -2.12. The molecule has 0 radical (unpaired) electrons.